The van der Waals surface area contributed by atoms with Crippen molar-refractivity contribution in [3.8, 4) is 5.75 Å². The molecule has 0 saturated carbocycles. The van der Waals surface area contributed by atoms with Crippen LogP contribution < -0.4 is 9.46 Å². The molecule has 0 aliphatic carbocycles. The lowest BCUT2D eigenvalue weighted by Crippen LogP contribution is -2.33. The molecular formula is C24H31N5O4S. The number of carbonyl (C=O) groups excluding carboxylic acids is 1. The fourth-order valence-electron chi connectivity index (χ4n) is 4.08. The van der Waals surface area contributed by atoms with Gasteiger partial charge in [0, 0.05) is 39.7 Å². The summed E-state index contributed by atoms with van der Waals surface area (Å²) in [4.78, 5) is 20.3. The zero-order valence-electron chi connectivity index (χ0n) is 20.2. The maximum atomic E-state index is 13.9. The van der Waals surface area contributed by atoms with E-state index in [0.717, 1.165) is 27.9 Å². The third-order valence-electron chi connectivity index (χ3n) is 5.85. The van der Waals surface area contributed by atoms with Gasteiger partial charge in [0.1, 0.15) is 18.2 Å². The summed E-state index contributed by atoms with van der Waals surface area (Å²) in [6, 6.07) is 11.0. The van der Waals surface area contributed by atoms with Crippen LogP contribution in [0.15, 0.2) is 36.4 Å². The van der Waals surface area contributed by atoms with Crippen LogP contribution in [0.25, 0.3) is 11.0 Å². The first kappa shape index (κ1) is 24.0. The molecule has 4 rings (SSSR count). The number of ether oxygens (including phenoxy) is 1. The lowest BCUT2D eigenvalue weighted by molar-refractivity contribution is 0.0735. The molecule has 0 radical (unpaired) electrons. The number of hydrogen-bond acceptors (Lipinski definition) is 5. The first-order valence-electron chi connectivity index (χ1n) is 11.3. The molecule has 1 N–H and O–H groups in total. The lowest BCUT2D eigenvalue weighted by atomic mass is 10.1. The quantitative estimate of drug-likeness (QED) is 0.579. The highest BCUT2D eigenvalue weighted by Gasteiger charge is 2.26. The van der Waals surface area contributed by atoms with Crippen LogP contribution in [0.2, 0.25) is 0 Å². The van der Waals surface area contributed by atoms with Gasteiger partial charge in [-0.1, -0.05) is 32.0 Å². The van der Waals surface area contributed by atoms with Gasteiger partial charge in [-0.05, 0) is 24.1 Å². The van der Waals surface area contributed by atoms with Crippen molar-refractivity contribution in [1.29, 1.82) is 0 Å². The van der Waals surface area contributed by atoms with Gasteiger partial charge in [0.25, 0.3) is 5.91 Å². The number of nitrogens with zero attached hydrogens (tertiary/aromatic N) is 4. The van der Waals surface area contributed by atoms with Crippen molar-refractivity contribution < 1.29 is 17.9 Å². The van der Waals surface area contributed by atoms with Crippen LogP contribution in [-0.4, -0.2) is 60.3 Å². The van der Waals surface area contributed by atoms with Crippen molar-refractivity contribution in [2.45, 2.75) is 26.8 Å². The van der Waals surface area contributed by atoms with Crippen LogP contribution in [-0.2, 0) is 30.2 Å². The second-order valence-corrected chi connectivity index (χ2v) is 11.0. The van der Waals surface area contributed by atoms with E-state index in [2.05, 4.69) is 18.6 Å². The largest absolute Gasteiger partial charge is 0.491 e. The predicted molar refractivity (Wildman–Crippen MR) is 132 cm³/mol. The lowest BCUT2D eigenvalue weighted by Gasteiger charge is -2.21. The summed E-state index contributed by atoms with van der Waals surface area (Å²) in [7, 11) is 1.04. The molecule has 3 aromatic rings. The van der Waals surface area contributed by atoms with Crippen LogP contribution in [0.1, 0.15) is 35.6 Å². The normalized spacial score (nSPS) is 14.3. The van der Waals surface area contributed by atoms with E-state index in [4.69, 9.17) is 9.72 Å². The SMILES string of the molecule is CC(C)Cc1nc2cc(NS(=O)(=O)N(C)C)cc(C(=O)N3CCOc4ccccc4C3)c2n1C. The van der Waals surface area contributed by atoms with Crippen molar-refractivity contribution in [1.82, 2.24) is 18.8 Å². The molecule has 0 saturated heterocycles. The van der Waals surface area contributed by atoms with E-state index in [9.17, 15) is 13.2 Å². The molecule has 1 aliphatic heterocycles. The molecule has 0 fully saturated rings. The van der Waals surface area contributed by atoms with Crippen LogP contribution in [0, 0.1) is 5.92 Å². The second kappa shape index (κ2) is 9.27. The van der Waals surface area contributed by atoms with Crippen molar-refractivity contribution in [3.63, 3.8) is 0 Å². The molecule has 1 amide bonds. The van der Waals surface area contributed by atoms with Crippen molar-refractivity contribution in [2.75, 3.05) is 32.0 Å². The number of anilines is 1. The van der Waals surface area contributed by atoms with Crippen molar-refractivity contribution >= 4 is 32.8 Å². The van der Waals surface area contributed by atoms with Gasteiger partial charge >= 0.3 is 10.2 Å². The van der Waals surface area contributed by atoms with E-state index in [0.29, 0.717) is 47.9 Å². The number of aromatic nitrogens is 2. The van der Waals surface area contributed by atoms with E-state index in [1.54, 1.807) is 17.0 Å². The van der Waals surface area contributed by atoms with E-state index < -0.39 is 10.2 Å². The molecule has 0 bridgehead atoms. The van der Waals surface area contributed by atoms with Gasteiger partial charge < -0.3 is 14.2 Å². The number of hydrogen-bond donors (Lipinski definition) is 1. The van der Waals surface area contributed by atoms with E-state index in [1.807, 2.05) is 35.9 Å². The number of imidazole rings is 1. The van der Waals surface area contributed by atoms with E-state index in [1.165, 1.54) is 14.1 Å². The Kier molecular flexibility index (Phi) is 6.55. The minimum atomic E-state index is -3.75. The number of para-hydroxylation sites is 1. The summed E-state index contributed by atoms with van der Waals surface area (Å²) in [6.07, 6.45) is 0.739. The molecule has 0 unspecified atom stereocenters. The Hall–Kier alpha value is -3.11. The van der Waals surface area contributed by atoms with Gasteiger partial charge in [-0.3, -0.25) is 9.52 Å². The van der Waals surface area contributed by atoms with E-state index >= 15 is 0 Å². The number of fused-ring (bicyclic) bond motifs is 2. The number of amides is 1. The highest BCUT2D eigenvalue weighted by molar-refractivity contribution is 7.90. The van der Waals surface area contributed by atoms with Gasteiger partial charge in [-0.25, -0.2) is 4.98 Å². The van der Waals surface area contributed by atoms with Crippen molar-refractivity contribution in [3.05, 3.63) is 53.3 Å². The third-order valence-corrected chi connectivity index (χ3v) is 7.31. The third kappa shape index (κ3) is 4.74. The fourth-order valence-corrected chi connectivity index (χ4v) is 4.68. The van der Waals surface area contributed by atoms with Crippen LogP contribution in [0.5, 0.6) is 5.75 Å². The number of aryl methyl sites for hydroxylation is 1. The Morgan fingerprint density at radius 2 is 1.97 bits per heavy atom. The first-order chi connectivity index (χ1) is 16.1. The molecule has 1 aromatic heterocycles. The topological polar surface area (TPSA) is 96.8 Å². The summed E-state index contributed by atoms with van der Waals surface area (Å²) in [5.74, 6) is 1.79. The highest BCUT2D eigenvalue weighted by atomic mass is 32.2. The molecule has 34 heavy (non-hydrogen) atoms. The summed E-state index contributed by atoms with van der Waals surface area (Å²) >= 11 is 0. The Labute approximate surface area is 200 Å². The van der Waals surface area contributed by atoms with Crippen LogP contribution >= 0.6 is 0 Å². The fraction of sp³-hybridized carbons (Fsp3) is 0.417. The predicted octanol–water partition coefficient (Wildman–Crippen LogP) is 3.02. The Morgan fingerprint density at radius 3 is 2.68 bits per heavy atom. The second-order valence-electron chi connectivity index (χ2n) is 9.15. The van der Waals surface area contributed by atoms with Crippen molar-refractivity contribution in [2.24, 2.45) is 13.0 Å². The summed E-state index contributed by atoms with van der Waals surface area (Å²) < 4.78 is 36.4. The molecular weight excluding hydrogens is 454 g/mol. The number of nitrogens with one attached hydrogen (secondary N) is 1. The standard InChI is InChI=1S/C24H31N5O4S/c1-16(2)12-22-25-20-14-18(26-34(31,32)27(3)4)13-19(23(20)28(22)5)24(30)29-10-11-33-21-9-7-6-8-17(21)15-29/h6-9,13-14,16,26H,10-12,15H2,1-5H3. The minimum absolute atomic E-state index is 0.199. The Bertz CT molecular complexity index is 1330. The minimum Gasteiger partial charge on any atom is -0.491 e. The highest BCUT2D eigenvalue weighted by Crippen LogP contribution is 2.29. The first-order valence-corrected chi connectivity index (χ1v) is 12.7. The van der Waals surface area contributed by atoms with Gasteiger partial charge in [0.05, 0.1) is 28.8 Å². The average molecular weight is 486 g/mol. The van der Waals surface area contributed by atoms with Gasteiger partial charge in [-0.2, -0.15) is 12.7 Å². The summed E-state index contributed by atoms with van der Waals surface area (Å²) in [5, 5.41) is 0. The number of rotatable bonds is 6. The average Bonchev–Trinajstić information content (AvgIpc) is 2.94. The maximum absolute atomic E-state index is 13.9. The maximum Gasteiger partial charge on any atom is 0.301 e. The molecule has 2 heterocycles. The number of benzene rings is 2. The smallest absolute Gasteiger partial charge is 0.301 e. The molecule has 10 heteroatoms. The molecule has 0 spiro atoms. The Morgan fingerprint density at radius 1 is 1.24 bits per heavy atom. The molecule has 9 nitrogen and oxygen atoms in total. The van der Waals surface area contributed by atoms with Crippen LogP contribution in [0.4, 0.5) is 5.69 Å². The molecule has 182 valence electrons. The van der Waals surface area contributed by atoms with Crippen LogP contribution in [0.3, 0.4) is 0 Å². The monoisotopic (exact) mass is 485 g/mol. The van der Waals surface area contributed by atoms with E-state index in [-0.39, 0.29) is 5.91 Å². The van der Waals surface area contributed by atoms with Gasteiger partial charge in [0.2, 0.25) is 0 Å². The van der Waals surface area contributed by atoms with Gasteiger partial charge in [-0.15, -0.1) is 0 Å². The molecule has 2 aromatic carbocycles. The Balaban J connectivity index is 1.82. The molecule has 1 aliphatic rings. The molecule has 0 atom stereocenters. The van der Waals surface area contributed by atoms with Gasteiger partial charge in [0.15, 0.2) is 0 Å². The summed E-state index contributed by atoms with van der Waals surface area (Å²) in [5.41, 5.74) is 2.89. The zero-order valence-corrected chi connectivity index (χ0v) is 21.0. The zero-order chi connectivity index (χ0) is 24.6. The summed E-state index contributed by atoms with van der Waals surface area (Å²) in [6.45, 7) is 5.41. The number of carbonyl (C=O) groups is 1.